The zero-order chi connectivity index (χ0) is 12.1. The molecule has 0 saturated carbocycles. The summed E-state index contributed by atoms with van der Waals surface area (Å²) >= 11 is 5.70. The van der Waals surface area contributed by atoms with Gasteiger partial charge in [0.1, 0.15) is 5.15 Å². The highest BCUT2D eigenvalue weighted by molar-refractivity contribution is 6.29. The van der Waals surface area contributed by atoms with E-state index in [1.807, 2.05) is 24.3 Å². The van der Waals surface area contributed by atoms with Crippen molar-refractivity contribution in [2.75, 3.05) is 12.4 Å². The quantitative estimate of drug-likeness (QED) is 0.847. The molecule has 2 rings (SSSR count). The molecule has 0 bridgehead atoms. The van der Waals surface area contributed by atoms with Crippen LogP contribution in [0.15, 0.2) is 36.5 Å². The molecule has 0 unspecified atom stereocenters. The van der Waals surface area contributed by atoms with Crippen LogP contribution >= 0.6 is 11.6 Å². The van der Waals surface area contributed by atoms with Gasteiger partial charge in [-0.3, -0.25) is 0 Å². The number of halogens is 1. The maximum Gasteiger partial charge on any atom is 0.213 e. The number of nitrogens with zero attached hydrogens (tertiary/aromatic N) is 2. The molecule has 2 heterocycles. The van der Waals surface area contributed by atoms with E-state index in [9.17, 15) is 0 Å². The first kappa shape index (κ1) is 11.7. The lowest BCUT2D eigenvalue weighted by Gasteiger charge is -2.06. The Bertz CT molecular complexity index is 487. The predicted molar refractivity (Wildman–Crippen MR) is 67.4 cm³/mol. The van der Waals surface area contributed by atoms with Gasteiger partial charge < -0.3 is 10.1 Å². The number of anilines is 1. The van der Waals surface area contributed by atoms with Crippen molar-refractivity contribution in [2.24, 2.45) is 0 Å². The van der Waals surface area contributed by atoms with Crippen LogP contribution in [0.4, 0.5) is 5.69 Å². The van der Waals surface area contributed by atoms with Crippen LogP contribution in [0.1, 0.15) is 5.69 Å². The van der Waals surface area contributed by atoms with Gasteiger partial charge in [0.05, 0.1) is 31.2 Å². The molecule has 0 amide bonds. The molecule has 88 valence electrons. The third-order valence-electron chi connectivity index (χ3n) is 2.19. The van der Waals surface area contributed by atoms with E-state index in [4.69, 9.17) is 16.3 Å². The molecule has 5 heteroatoms. The smallest absolute Gasteiger partial charge is 0.213 e. The summed E-state index contributed by atoms with van der Waals surface area (Å²) in [5.74, 6) is 0.610. The molecule has 0 saturated heterocycles. The molecule has 1 N–H and O–H groups in total. The van der Waals surface area contributed by atoms with Crippen molar-refractivity contribution in [1.29, 1.82) is 0 Å². The van der Waals surface area contributed by atoms with E-state index < -0.39 is 0 Å². The fourth-order valence-corrected chi connectivity index (χ4v) is 1.45. The molecule has 0 spiro atoms. The topological polar surface area (TPSA) is 47.0 Å². The molecule has 0 aliphatic heterocycles. The standard InChI is InChI=1S/C12H12ClN3O/c1-17-12-4-2-3-10(16-12)8-14-9-5-6-11(13)15-7-9/h2-7,14H,8H2,1H3. The Morgan fingerprint density at radius 1 is 1.29 bits per heavy atom. The van der Waals surface area contributed by atoms with E-state index in [-0.39, 0.29) is 0 Å². The van der Waals surface area contributed by atoms with Gasteiger partial charge in [0.2, 0.25) is 5.88 Å². The van der Waals surface area contributed by atoms with Crippen LogP contribution in [0, 0.1) is 0 Å². The van der Waals surface area contributed by atoms with E-state index in [1.54, 1.807) is 19.4 Å². The lowest BCUT2D eigenvalue weighted by atomic mass is 10.3. The highest BCUT2D eigenvalue weighted by Crippen LogP contribution is 2.12. The third-order valence-corrected chi connectivity index (χ3v) is 2.41. The Kier molecular flexibility index (Phi) is 3.77. The molecule has 0 radical (unpaired) electrons. The largest absolute Gasteiger partial charge is 0.481 e. The summed E-state index contributed by atoms with van der Waals surface area (Å²) < 4.78 is 5.05. The summed E-state index contributed by atoms with van der Waals surface area (Å²) in [4.78, 5) is 8.28. The predicted octanol–water partition coefficient (Wildman–Crippen LogP) is 2.75. The summed E-state index contributed by atoms with van der Waals surface area (Å²) in [6, 6.07) is 9.26. The van der Waals surface area contributed by atoms with Crippen molar-refractivity contribution in [1.82, 2.24) is 9.97 Å². The minimum absolute atomic E-state index is 0.482. The van der Waals surface area contributed by atoms with Crippen LogP contribution < -0.4 is 10.1 Å². The molecule has 4 nitrogen and oxygen atoms in total. The molecule has 0 aliphatic rings. The number of nitrogens with one attached hydrogen (secondary N) is 1. The van der Waals surface area contributed by atoms with Crippen molar-refractivity contribution in [3.05, 3.63) is 47.4 Å². The van der Waals surface area contributed by atoms with Crippen LogP contribution in [-0.4, -0.2) is 17.1 Å². The highest BCUT2D eigenvalue weighted by atomic mass is 35.5. The number of hydrogen-bond donors (Lipinski definition) is 1. The van der Waals surface area contributed by atoms with Gasteiger partial charge >= 0.3 is 0 Å². The minimum Gasteiger partial charge on any atom is -0.481 e. The molecule has 17 heavy (non-hydrogen) atoms. The second-order valence-electron chi connectivity index (χ2n) is 3.39. The summed E-state index contributed by atoms with van der Waals surface area (Å²) in [6.07, 6.45) is 1.68. The molecule has 0 aliphatic carbocycles. The summed E-state index contributed by atoms with van der Waals surface area (Å²) in [5.41, 5.74) is 1.80. The number of pyridine rings is 2. The zero-order valence-electron chi connectivity index (χ0n) is 9.35. The van der Waals surface area contributed by atoms with E-state index in [0.717, 1.165) is 11.4 Å². The summed E-state index contributed by atoms with van der Waals surface area (Å²) in [6.45, 7) is 0.612. The van der Waals surface area contributed by atoms with Crippen molar-refractivity contribution in [3.8, 4) is 5.88 Å². The van der Waals surface area contributed by atoms with Gasteiger partial charge in [-0.2, -0.15) is 0 Å². The Hall–Kier alpha value is -1.81. The minimum atomic E-state index is 0.482. The van der Waals surface area contributed by atoms with Gasteiger partial charge in [0.15, 0.2) is 0 Å². The third kappa shape index (κ3) is 3.32. The Morgan fingerprint density at radius 3 is 2.88 bits per heavy atom. The number of aromatic nitrogens is 2. The monoisotopic (exact) mass is 249 g/mol. The van der Waals surface area contributed by atoms with E-state index in [1.165, 1.54) is 0 Å². The lowest BCUT2D eigenvalue weighted by molar-refractivity contribution is 0.396. The number of rotatable bonds is 4. The van der Waals surface area contributed by atoms with Crippen LogP contribution in [-0.2, 0) is 6.54 Å². The van der Waals surface area contributed by atoms with E-state index in [2.05, 4.69) is 15.3 Å². The fraction of sp³-hybridized carbons (Fsp3) is 0.167. The lowest BCUT2D eigenvalue weighted by Crippen LogP contribution is -2.02. The van der Waals surface area contributed by atoms with Crippen molar-refractivity contribution < 1.29 is 4.74 Å². The van der Waals surface area contributed by atoms with Crippen LogP contribution in [0.25, 0.3) is 0 Å². The molecule has 0 aromatic carbocycles. The second kappa shape index (κ2) is 5.50. The van der Waals surface area contributed by atoms with Gasteiger partial charge in [-0.15, -0.1) is 0 Å². The first-order valence-electron chi connectivity index (χ1n) is 5.13. The van der Waals surface area contributed by atoms with Crippen LogP contribution in [0.5, 0.6) is 5.88 Å². The van der Waals surface area contributed by atoms with Gasteiger partial charge in [0, 0.05) is 6.07 Å². The summed E-state index contributed by atoms with van der Waals surface area (Å²) in [7, 11) is 1.60. The Labute approximate surface area is 105 Å². The molecule has 2 aromatic rings. The molecule has 0 atom stereocenters. The Balaban J connectivity index is 1.99. The van der Waals surface area contributed by atoms with Crippen molar-refractivity contribution in [3.63, 3.8) is 0 Å². The second-order valence-corrected chi connectivity index (χ2v) is 3.78. The van der Waals surface area contributed by atoms with E-state index in [0.29, 0.717) is 17.6 Å². The van der Waals surface area contributed by atoms with E-state index >= 15 is 0 Å². The van der Waals surface area contributed by atoms with Gasteiger partial charge in [-0.1, -0.05) is 17.7 Å². The van der Waals surface area contributed by atoms with Gasteiger partial charge in [-0.25, -0.2) is 9.97 Å². The average Bonchev–Trinajstić information content (AvgIpc) is 2.38. The first-order chi connectivity index (χ1) is 8.28. The van der Waals surface area contributed by atoms with Crippen LogP contribution in [0.3, 0.4) is 0 Å². The molecule has 0 fully saturated rings. The number of hydrogen-bond acceptors (Lipinski definition) is 4. The Morgan fingerprint density at radius 2 is 2.18 bits per heavy atom. The summed E-state index contributed by atoms with van der Waals surface area (Å²) in [5, 5.41) is 3.68. The van der Waals surface area contributed by atoms with Gasteiger partial charge in [-0.05, 0) is 18.2 Å². The average molecular weight is 250 g/mol. The highest BCUT2D eigenvalue weighted by Gasteiger charge is 1.98. The first-order valence-corrected chi connectivity index (χ1v) is 5.51. The fourth-order valence-electron chi connectivity index (χ4n) is 1.34. The SMILES string of the molecule is COc1cccc(CNc2ccc(Cl)nc2)n1. The van der Waals surface area contributed by atoms with Crippen molar-refractivity contribution >= 4 is 17.3 Å². The van der Waals surface area contributed by atoms with Crippen LogP contribution in [0.2, 0.25) is 5.15 Å². The number of methoxy groups -OCH3 is 1. The van der Waals surface area contributed by atoms with Gasteiger partial charge in [0.25, 0.3) is 0 Å². The maximum atomic E-state index is 5.70. The zero-order valence-corrected chi connectivity index (χ0v) is 10.1. The normalized spacial score (nSPS) is 10.0. The molecular formula is C12H12ClN3O. The van der Waals surface area contributed by atoms with Crippen molar-refractivity contribution in [2.45, 2.75) is 6.54 Å². The number of ether oxygens (including phenoxy) is 1. The maximum absolute atomic E-state index is 5.70. The molecular weight excluding hydrogens is 238 g/mol. The molecule has 2 aromatic heterocycles.